The zero-order chi connectivity index (χ0) is 28.1. The van der Waals surface area contributed by atoms with Gasteiger partial charge in [0.1, 0.15) is 0 Å². The van der Waals surface area contributed by atoms with Gasteiger partial charge in [0.15, 0.2) is 0 Å². The van der Waals surface area contributed by atoms with E-state index < -0.39 is 5.91 Å². The van der Waals surface area contributed by atoms with Gasteiger partial charge in [-0.3, -0.25) is 10.0 Å². The molecule has 204 valence electrons. The molecule has 1 unspecified atom stereocenters. The number of aryl methyl sites for hydroxylation is 3. The van der Waals surface area contributed by atoms with Gasteiger partial charge in [-0.05, 0) is 89.5 Å². The minimum atomic E-state index is -0.417. The molecule has 1 amide bonds. The highest BCUT2D eigenvalue weighted by Gasteiger charge is 2.31. The Morgan fingerprint density at radius 1 is 0.868 bits per heavy atom. The number of carbonyl (C=O) groups is 1. The summed E-state index contributed by atoms with van der Waals surface area (Å²) >= 11 is 0. The Hall–Kier alpha value is -2.95. The van der Waals surface area contributed by atoms with Crippen LogP contribution in [0.2, 0.25) is 0 Å². The first-order valence-electron chi connectivity index (χ1n) is 13.9. The van der Waals surface area contributed by atoms with Crippen molar-refractivity contribution in [3.8, 4) is 11.1 Å². The van der Waals surface area contributed by atoms with E-state index in [1.807, 2.05) is 24.3 Å². The summed E-state index contributed by atoms with van der Waals surface area (Å²) in [5.74, 6) is -0.417. The van der Waals surface area contributed by atoms with E-state index in [-0.39, 0.29) is 23.4 Å². The van der Waals surface area contributed by atoms with Crippen molar-refractivity contribution in [1.29, 1.82) is 0 Å². The Balaban J connectivity index is 1.89. The fourth-order valence-corrected chi connectivity index (χ4v) is 5.54. The number of aliphatic hydroxyl groups is 1. The molecule has 3 rings (SSSR count). The SMILES string of the molecule is CCC(CC)(c1ccc(CCC(O)C(C)(C)C)c(C)c1)c1ccc(-c2ccc(CC(=O)NO)cc2)c(C)c1. The Morgan fingerprint density at radius 3 is 1.95 bits per heavy atom. The predicted molar refractivity (Wildman–Crippen MR) is 157 cm³/mol. The number of carbonyl (C=O) groups excluding carboxylic acids is 1. The topological polar surface area (TPSA) is 69.6 Å². The molecule has 0 aliphatic heterocycles. The number of rotatable bonds is 10. The normalized spacial score (nSPS) is 12.9. The molecule has 3 N–H and O–H groups in total. The number of hydrogen-bond acceptors (Lipinski definition) is 3. The summed E-state index contributed by atoms with van der Waals surface area (Å²) in [6.07, 6.45) is 3.50. The van der Waals surface area contributed by atoms with Crippen LogP contribution in [0.3, 0.4) is 0 Å². The molecule has 0 spiro atoms. The van der Waals surface area contributed by atoms with Crippen LogP contribution in [0.15, 0.2) is 60.7 Å². The average molecular weight is 516 g/mol. The summed E-state index contributed by atoms with van der Waals surface area (Å²) < 4.78 is 0. The van der Waals surface area contributed by atoms with Crippen LogP contribution in [0, 0.1) is 19.3 Å². The van der Waals surface area contributed by atoms with Gasteiger partial charge >= 0.3 is 0 Å². The number of aliphatic hydroxyl groups excluding tert-OH is 1. The van der Waals surface area contributed by atoms with E-state index in [1.165, 1.54) is 33.4 Å². The predicted octanol–water partition coefficient (Wildman–Crippen LogP) is 7.46. The third kappa shape index (κ3) is 6.54. The van der Waals surface area contributed by atoms with E-state index in [1.54, 1.807) is 5.48 Å². The summed E-state index contributed by atoms with van der Waals surface area (Å²) in [4.78, 5) is 11.5. The number of nitrogens with one attached hydrogen (secondary N) is 1. The van der Waals surface area contributed by atoms with Crippen molar-refractivity contribution in [2.45, 2.75) is 92.1 Å². The van der Waals surface area contributed by atoms with E-state index in [0.29, 0.717) is 0 Å². The van der Waals surface area contributed by atoms with Gasteiger partial charge in [0, 0.05) is 5.41 Å². The molecule has 4 heteroatoms. The zero-order valence-corrected chi connectivity index (χ0v) is 24.2. The highest BCUT2D eigenvalue weighted by Crippen LogP contribution is 2.41. The lowest BCUT2D eigenvalue weighted by molar-refractivity contribution is -0.128. The maximum absolute atomic E-state index is 11.5. The van der Waals surface area contributed by atoms with E-state index in [9.17, 15) is 9.90 Å². The Bertz CT molecular complexity index is 1230. The quantitative estimate of drug-likeness (QED) is 0.194. The molecule has 0 bridgehead atoms. The van der Waals surface area contributed by atoms with Gasteiger partial charge in [-0.2, -0.15) is 0 Å². The third-order valence-electron chi connectivity index (χ3n) is 8.32. The minimum Gasteiger partial charge on any atom is -0.393 e. The summed E-state index contributed by atoms with van der Waals surface area (Å²) in [5, 5.41) is 19.3. The van der Waals surface area contributed by atoms with Crippen LogP contribution in [-0.2, 0) is 23.1 Å². The molecule has 0 saturated heterocycles. The molecule has 3 aromatic rings. The molecule has 3 aromatic carbocycles. The second-order valence-corrected chi connectivity index (χ2v) is 11.8. The Morgan fingerprint density at radius 2 is 1.45 bits per heavy atom. The van der Waals surface area contributed by atoms with Crippen molar-refractivity contribution in [3.05, 3.63) is 94.0 Å². The first-order chi connectivity index (χ1) is 17.9. The fourth-order valence-electron chi connectivity index (χ4n) is 5.54. The molecule has 4 nitrogen and oxygen atoms in total. The standard InChI is InChI=1S/C34H45NO3/c1-8-34(9-2,28-16-14-26(23(3)20-28)15-19-31(36)33(5,6)7)29-17-18-30(24(4)21-29)27-12-10-25(11-13-27)22-32(37)35-38/h10-14,16-18,20-21,31,36,38H,8-9,15,19,22H2,1-7H3,(H,35,37). The van der Waals surface area contributed by atoms with E-state index in [0.717, 1.165) is 36.8 Å². The molecule has 0 radical (unpaired) electrons. The number of hydroxylamine groups is 1. The lowest BCUT2D eigenvalue weighted by Crippen LogP contribution is -2.27. The van der Waals surface area contributed by atoms with Crippen molar-refractivity contribution in [2.24, 2.45) is 5.41 Å². The number of benzene rings is 3. The molecule has 0 aliphatic carbocycles. The van der Waals surface area contributed by atoms with Gasteiger partial charge in [-0.25, -0.2) is 5.48 Å². The molecule has 0 aromatic heterocycles. The number of amides is 1. The van der Waals surface area contributed by atoms with Crippen molar-refractivity contribution < 1.29 is 15.1 Å². The van der Waals surface area contributed by atoms with Crippen LogP contribution >= 0.6 is 0 Å². The number of hydrogen-bond donors (Lipinski definition) is 3. The largest absolute Gasteiger partial charge is 0.393 e. The van der Waals surface area contributed by atoms with E-state index in [4.69, 9.17) is 5.21 Å². The van der Waals surface area contributed by atoms with Gasteiger partial charge < -0.3 is 5.11 Å². The molecule has 0 fully saturated rings. The van der Waals surface area contributed by atoms with Crippen molar-refractivity contribution >= 4 is 5.91 Å². The Kier molecular flexibility index (Phi) is 9.56. The Labute approximate surface area is 229 Å². The van der Waals surface area contributed by atoms with Gasteiger partial charge in [0.2, 0.25) is 5.91 Å². The molecule has 0 aliphatic rings. The molecule has 0 heterocycles. The first kappa shape index (κ1) is 29.6. The summed E-state index contributed by atoms with van der Waals surface area (Å²) in [6.45, 7) is 15.2. The maximum Gasteiger partial charge on any atom is 0.247 e. The van der Waals surface area contributed by atoms with E-state index >= 15 is 0 Å². The minimum absolute atomic E-state index is 0.0704. The molecule has 38 heavy (non-hydrogen) atoms. The van der Waals surface area contributed by atoms with Gasteiger partial charge in [-0.1, -0.05) is 95.3 Å². The van der Waals surface area contributed by atoms with Gasteiger partial charge in [0.05, 0.1) is 12.5 Å². The third-order valence-corrected chi connectivity index (χ3v) is 8.32. The van der Waals surface area contributed by atoms with Crippen LogP contribution in [0.25, 0.3) is 11.1 Å². The lowest BCUT2D eigenvalue weighted by atomic mass is 9.69. The smallest absolute Gasteiger partial charge is 0.247 e. The zero-order valence-electron chi connectivity index (χ0n) is 24.2. The second-order valence-electron chi connectivity index (χ2n) is 11.8. The van der Waals surface area contributed by atoms with Crippen molar-refractivity contribution in [1.82, 2.24) is 5.48 Å². The van der Waals surface area contributed by atoms with Crippen LogP contribution in [-0.4, -0.2) is 22.3 Å². The van der Waals surface area contributed by atoms with Gasteiger partial charge in [0.25, 0.3) is 0 Å². The van der Waals surface area contributed by atoms with Crippen LogP contribution in [0.5, 0.6) is 0 Å². The van der Waals surface area contributed by atoms with Crippen molar-refractivity contribution in [2.75, 3.05) is 0 Å². The highest BCUT2D eigenvalue weighted by atomic mass is 16.5. The monoisotopic (exact) mass is 515 g/mol. The van der Waals surface area contributed by atoms with E-state index in [2.05, 4.69) is 84.9 Å². The summed E-state index contributed by atoms with van der Waals surface area (Å²) in [5.41, 5.74) is 11.2. The highest BCUT2D eigenvalue weighted by molar-refractivity contribution is 5.78. The summed E-state index contributed by atoms with van der Waals surface area (Å²) in [7, 11) is 0. The first-order valence-corrected chi connectivity index (χ1v) is 13.9. The van der Waals surface area contributed by atoms with Crippen LogP contribution in [0.1, 0.15) is 87.3 Å². The van der Waals surface area contributed by atoms with Gasteiger partial charge in [-0.15, -0.1) is 0 Å². The molecule has 1 atom stereocenters. The van der Waals surface area contributed by atoms with Crippen LogP contribution in [0.4, 0.5) is 0 Å². The van der Waals surface area contributed by atoms with Crippen LogP contribution < -0.4 is 5.48 Å². The molecule has 0 saturated carbocycles. The molecular weight excluding hydrogens is 470 g/mol. The maximum atomic E-state index is 11.5. The molecular formula is C34H45NO3. The lowest BCUT2D eigenvalue weighted by Gasteiger charge is -2.34. The fraction of sp³-hybridized carbons (Fsp3) is 0.441. The second kappa shape index (κ2) is 12.3. The van der Waals surface area contributed by atoms with Crippen molar-refractivity contribution in [3.63, 3.8) is 0 Å². The summed E-state index contributed by atoms with van der Waals surface area (Å²) in [6, 6.07) is 21.7. The average Bonchev–Trinajstić information content (AvgIpc) is 2.89.